The van der Waals surface area contributed by atoms with Crippen LogP contribution < -0.4 is 11.1 Å². The Kier molecular flexibility index (Phi) is 2.94. The van der Waals surface area contributed by atoms with Crippen molar-refractivity contribution in [3.8, 4) is 0 Å². The highest BCUT2D eigenvalue weighted by Gasteiger charge is 2.08. The first-order valence-electron chi connectivity index (χ1n) is 4.58. The monoisotopic (exact) mass is 178 g/mol. The summed E-state index contributed by atoms with van der Waals surface area (Å²) >= 11 is 0. The van der Waals surface area contributed by atoms with Crippen LogP contribution in [0.25, 0.3) is 0 Å². The Bertz CT molecular complexity index is 256. The molecule has 72 valence electrons. The van der Waals surface area contributed by atoms with E-state index in [1.165, 1.54) is 5.56 Å². The van der Waals surface area contributed by atoms with Gasteiger partial charge in [0.25, 0.3) is 0 Å². The molecule has 0 amide bonds. The largest absolute Gasteiger partial charge is 0.380 e. The Morgan fingerprint density at radius 2 is 1.69 bits per heavy atom. The fourth-order valence-electron chi connectivity index (χ4n) is 1.16. The van der Waals surface area contributed by atoms with E-state index in [0.29, 0.717) is 6.54 Å². The summed E-state index contributed by atoms with van der Waals surface area (Å²) in [4.78, 5) is 0. The van der Waals surface area contributed by atoms with Gasteiger partial charge in [0.2, 0.25) is 0 Å². The minimum atomic E-state index is 0.115. The average molecular weight is 178 g/mol. The number of rotatable bonds is 2. The predicted molar refractivity (Wildman–Crippen MR) is 57.7 cm³/mol. The summed E-state index contributed by atoms with van der Waals surface area (Å²) in [6.07, 6.45) is 0. The number of hydrogen-bond acceptors (Lipinski definition) is 2. The molecule has 0 aliphatic heterocycles. The molecule has 2 nitrogen and oxygen atoms in total. The number of anilines is 1. The van der Waals surface area contributed by atoms with Gasteiger partial charge in [-0.15, -0.1) is 0 Å². The van der Waals surface area contributed by atoms with Gasteiger partial charge in [-0.25, -0.2) is 0 Å². The lowest BCUT2D eigenvalue weighted by atomic mass is 10.1. The van der Waals surface area contributed by atoms with E-state index in [9.17, 15) is 0 Å². The van der Waals surface area contributed by atoms with Gasteiger partial charge in [-0.2, -0.15) is 0 Å². The molecular formula is C11H18N2. The maximum absolute atomic E-state index is 5.51. The Balaban J connectivity index is 2.70. The van der Waals surface area contributed by atoms with Crippen molar-refractivity contribution >= 4 is 5.69 Å². The Morgan fingerprint density at radius 1 is 1.15 bits per heavy atom. The van der Waals surface area contributed by atoms with E-state index < -0.39 is 0 Å². The smallest absolute Gasteiger partial charge is 0.0344 e. The molecule has 3 N–H and O–H groups in total. The van der Waals surface area contributed by atoms with Crippen LogP contribution in [0.2, 0.25) is 0 Å². The topological polar surface area (TPSA) is 38.0 Å². The highest BCUT2D eigenvalue weighted by molar-refractivity contribution is 5.46. The summed E-state index contributed by atoms with van der Waals surface area (Å²) < 4.78 is 0. The normalized spacial score (nSPS) is 11.4. The summed E-state index contributed by atoms with van der Waals surface area (Å²) in [5.41, 5.74) is 7.93. The predicted octanol–water partition coefficient (Wildman–Crippen LogP) is 2.36. The van der Waals surface area contributed by atoms with Crippen molar-refractivity contribution in [3.63, 3.8) is 0 Å². The molecule has 0 saturated heterocycles. The average Bonchev–Trinajstić information content (AvgIpc) is 2.03. The van der Waals surface area contributed by atoms with Crippen molar-refractivity contribution in [1.82, 2.24) is 0 Å². The van der Waals surface area contributed by atoms with Crippen LogP contribution in [0.1, 0.15) is 26.3 Å². The van der Waals surface area contributed by atoms with Crippen molar-refractivity contribution in [2.75, 3.05) is 5.32 Å². The third kappa shape index (κ3) is 3.47. The van der Waals surface area contributed by atoms with E-state index in [1.807, 2.05) is 12.1 Å². The van der Waals surface area contributed by atoms with Gasteiger partial charge < -0.3 is 11.1 Å². The molecule has 0 saturated carbocycles. The second-order valence-corrected chi connectivity index (χ2v) is 4.28. The van der Waals surface area contributed by atoms with Gasteiger partial charge >= 0.3 is 0 Å². The zero-order chi connectivity index (χ0) is 9.90. The van der Waals surface area contributed by atoms with Gasteiger partial charge in [-0.05, 0) is 38.5 Å². The Morgan fingerprint density at radius 3 is 2.08 bits per heavy atom. The summed E-state index contributed by atoms with van der Waals surface area (Å²) in [6, 6.07) is 8.23. The van der Waals surface area contributed by atoms with E-state index in [0.717, 1.165) is 5.69 Å². The van der Waals surface area contributed by atoms with Crippen molar-refractivity contribution < 1.29 is 0 Å². The molecule has 0 atom stereocenters. The molecule has 0 bridgehead atoms. The standard InChI is InChI=1S/C11H18N2/c1-11(2,3)13-10-6-4-9(8-12)5-7-10/h4-7,13H,8,12H2,1-3H3. The summed E-state index contributed by atoms with van der Waals surface area (Å²) in [6.45, 7) is 7.04. The SMILES string of the molecule is CC(C)(C)Nc1ccc(CN)cc1. The first-order valence-corrected chi connectivity index (χ1v) is 4.58. The van der Waals surface area contributed by atoms with Crippen LogP contribution in [0, 0.1) is 0 Å². The van der Waals surface area contributed by atoms with Gasteiger partial charge in [0, 0.05) is 17.8 Å². The van der Waals surface area contributed by atoms with Crippen LogP contribution in [0.4, 0.5) is 5.69 Å². The molecule has 0 unspecified atom stereocenters. The van der Waals surface area contributed by atoms with Gasteiger partial charge in [-0.3, -0.25) is 0 Å². The molecule has 2 heteroatoms. The van der Waals surface area contributed by atoms with Crippen molar-refractivity contribution in [3.05, 3.63) is 29.8 Å². The third-order valence-electron chi connectivity index (χ3n) is 1.71. The number of benzene rings is 1. The molecule has 0 fully saturated rings. The number of nitrogens with one attached hydrogen (secondary N) is 1. The fraction of sp³-hybridized carbons (Fsp3) is 0.455. The molecule has 0 spiro atoms. The maximum atomic E-state index is 5.51. The van der Waals surface area contributed by atoms with E-state index >= 15 is 0 Å². The molecule has 0 heterocycles. The highest BCUT2D eigenvalue weighted by atomic mass is 14.9. The van der Waals surface area contributed by atoms with Gasteiger partial charge in [-0.1, -0.05) is 12.1 Å². The molecule has 0 radical (unpaired) electrons. The summed E-state index contributed by atoms with van der Waals surface area (Å²) in [5, 5.41) is 3.39. The zero-order valence-electron chi connectivity index (χ0n) is 8.59. The van der Waals surface area contributed by atoms with Crippen molar-refractivity contribution in [1.29, 1.82) is 0 Å². The van der Waals surface area contributed by atoms with Crippen LogP contribution in [0.5, 0.6) is 0 Å². The quantitative estimate of drug-likeness (QED) is 0.729. The molecule has 1 aromatic carbocycles. The third-order valence-corrected chi connectivity index (χ3v) is 1.71. The first-order chi connectivity index (χ1) is 6.01. The number of hydrogen-bond donors (Lipinski definition) is 2. The van der Waals surface area contributed by atoms with Crippen LogP contribution in [-0.2, 0) is 6.54 Å². The van der Waals surface area contributed by atoms with Crippen LogP contribution in [0.3, 0.4) is 0 Å². The molecule has 0 aliphatic carbocycles. The van der Waals surface area contributed by atoms with E-state index in [4.69, 9.17) is 5.73 Å². The first kappa shape index (κ1) is 10.1. The molecule has 0 aromatic heterocycles. The zero-order valence-corrected chi connectivity index (χ0v) is 8.59. The van der Waals surface area contributed by atoms with E-state index in [1.54, 1.807) is 0 Å². The molecule has 13 heavy (non-hydrogen) atoms. The van der Waals surface area contributed by atoms with Crippen molar-refractivity contribution in [2.45, 2.75) is 32.9 Å². The lowest BCUT2D eigenvalue weighted by molar-refractivity contribution is 0.634. The van der Waals surface area contributed by atoms with Crippen LogP contribution in [0.15, 0.2) is 24.3 Å². The van der Waals surface area contributed by atoms with E-state index in [-0.39, 0.29) is 5.54 Å². The van der Waals surface area contributed by atoms with E-state index in [2.05, 4.69) is 38.2 Å². The molecule has 1 aromatic rings. The minimum Gasteiger partial charge on any atom is -0.380 e. The van der Waals surface area contributed by atoms with Crippen molar-refractivity contribution in [2.24, 2.45) is 5.73 Å². The van der Waals surface area contributed by atoms with Gasteiger partial charge in [0.15, 0.2) is 0 Å². The van der Waals surface area contributed by atoms with Gasteiger partial charge in [0.05, 0.1) is 0 Å². The minimum absolute atomic E-state index is 0.115. The maximum Gasteiger partial charge on any atom is 0.0344 e. The highest BCUT2D eigenvalue weighted by Crippen LogP contribution is 2.14. The molecule has 0 aliphatic rings. The number of nitrogens with two attached hydrogens (primary N) is 1. The van der Waals surface area contributed by atoms with Crippen LogP contribution in [-0.4, -0.2) is 5.54 Å². The second kappa shape index (κ2) is 3.79. The molecule has 1 rings (SSSR count). The molecular weight excluding hydrogens is 160 g/mol. The Labute approximate surface area is 80.1 Å². The second-order valence-electron chi connectivity index (χ2n) is 4.28. The lowest BCUT2D eigenvalue weighted by Crippen LogP contribution is -2.25. The van der Waals surface area contributed by atoms with Crippen LogP contribution >= 0.6 is 0 Å². The fourth-order valence-corrected chi connectivity index (χ4v) is 1.16. The lowest BCUT2D eigenvalue weighted by Gasteiger charge is -2.22. The van der Waals surface area contributed by atoms with Gasteiger partial charge in [0.1, 0.15) is 0 Å². The summed E-state index contributed by atoms with van der Waals surface area (Å²) in [7, 11) is 0. The summed E-state index contributed by atoms with van der Waals surface area (Å²) in [5.74, 6) is 0. The Hall–Kier alpha value is -1.02.